The molecule has 1 aliphatic rings. The maximum absolute atomic E-state index is 11.2. The number of hydrogen-bond donors (Lipinski definition) is 2. The number of carboxylic acid groups (broad SMARTS) is 1. The molecule has 5 heteroatoms. The normalized spacial score (nSPS) is 24.7. The molecule has 0 radical (unpaired) electrons. The molecule has 18 heavy (non-hydrogen) atoms. The fourth-order valence-electron chi connectivity index (χ4n) is 2.22. The highest BCUT2D eigenvalue weighted by atomic mass is 35.5. The molecule has 0 aromatic heterocycles. The minimum atomic E-state index is -0.754. The zero-order valence-electron chi connectivity index (χ0n) is 10.3. The van der Waals surface area contributed by atoms with Crippen LogP contribution in [0.15, 0.2) is 24.3 Å². The summed E-state index contributed by atoms with van der Waals surface area (Å²) in [5, 5.41) is 13.1. The van der Waals surface area contributed by atoms with Gasteiger partial charge < -0.3 is 15.3 Å². The lowest BCUT2D eigenvalue weighted by Crippen LogP contribution is -2.39. The molecule has 1 fully saturated rings. The van der Waals surface area contributed by atoms with Gasteiger partial charge >= 0.3 is 5.97 Å². The Kier molecular flexibility index (Phi) is 4.09. The van der Waals surface area contributed by atoms with Crippen molar-refractivity contribution in [1.29, 1.82) is 0 Å². The third kappa shape index (κ3) is 2.94. The predicted molar refractivity (Wildman–Crippen MR) is 72.3 cm³/mol. The number of anilines is 1. The highest BCUT2D eigenvalue weighted by molar-refractivity contribution is 6.30. The molecule has 2 N–H and O–H groups in total. The molecule has 0 amide bonds. The van der Waals surface area contributed by atoms with Crippen molar-refractivity contribution in [3.05, 3.63) is 29.3 Å². The Labute approximate surface area is 112 Å². The van der Waals surface area contributed by atoms with Gasteiger partial charge in [-0.05, 0) is 31.2 Å². The van der Waals surface area contributed by atoms with Gasteiger partial charge in [0.25, 0.3) is 0 Å². The van der Waals surface area contributed by atoms with Crippen LogP contribution in [0.2, 0.25) is 5.02 Å². The van der Waals surface area contributed by atoms with E-state index in [0.29, 0.717) is 18.1 Å². The van der Waals surface area contributed by atoms with E-state index >= 15 is 0 Å². The number of benzene rings is 1. The van der Waals surface area contributed by atoms with Crippen LogP contribution in [-0.2, 0) is 4.79 Å². The highest BCUT2D eigenvalue weighted by Gasteiger charge is 2.27. The lowest BCUT2D eigenvalue weighted by Gasteiger charge is -2.30. The Morgan fingerprint density at radius 2 is 2.06 bits per heavy atom. The Hall–Kier alpha value is -1.26. The molecule has 2 unspecified atom stereocenters. The second-order valence-corrected chi connectivity index (χ2v) is 5.11. The van der Waals surface area contributed by atoms with E-state index in [4.69, 9.17) is 11.6 Å². The minimum Gasteiger partial charge on any atom is -0.481 e. The molecule has 1 saturated heterocycles. The third-order valence-electron chi connectivity index (χ3n) is 3.29. The van der Waals surface area contributed by atoms with Crippen LogP contribution in [0.25, 0.3) is 0 Å². The van der Waals surface area contributed by atoms with Crippen LogP contribution in [0.3, 0.4) is 0 Å². The molecule has 4 nitrogen and oxygen atoms in total. The van der Waals surface area contributed by atoms with Gasteiger partial charge in [-0.2, -0.15) is 0 Å². The van der Waals surface area contributed by atoms with Crippen molar-refractivity contribution in [2.45, 2.75) is 13.0 Å². The first-order chi connectivity index (χ1) is 8.58. The molecule has 1 aromatic rings. The van der Waals surface area contributed by atoms with Crippen molar-refractivity contribution in [2.75, 3.05) is 24.5 Å². The van der Waals surface area contributed by atoms with E-state index in [1.807, 2.05) is 24.3 Å². The average molecular weight is 269 g/mol. The minimum absolute atomic E-state index is 0.260. The number of nitrogens with zero attached hydrogens (tertiary/aromatic N) is 1. The van der Waals surface area contributed by atoms with Gasteiger partial charge in [-0.1, -0.05) is 11.6 Å². The summed E-state index contributed by atoms with van der Waals surface area (Å²) in [6.07, 6.45) is 0. The molecule has 98 valence electrons. The first-order valence-corrected chi connectivity index (χ1v) is 6.41. The Morgan fingerprint density at radius 3 is 2.67 bits per heavy atom. The zero-order chi connectivity index (χ0) is 13.1. The second-order valence-electron chi connectivity index (χ2n) is 4.67. The summed E-state index contributed by atoms with van der Waals surface area (Å²) in [5.74, 6) is -1.14. The number of carbonyl (C=O) groups is 1. The molecular weight excluding hydrogens is 252 g/mol. The van der Waals surface area contributed by atoms with Gasteiger partial charge in [-0.15, -0.1) is 0 Å². The van der Waals surface area contributed by atoms with Crippen molar-refractivity contribution in [1.82, 2.24) is 5.32 Å². The molecule has 2 atom stereocenters. The van der Waals surface area contributed by atoms with Gasteiger partial charge in [0.05, 0.1) is 5.92 Å². The maximum Gasteiger partial charge on any atom is 0.309 e. The van der Waals surface area contributed by atoms with Crippen molar-refractivity contribution in [3.63, 3.8) is 0 Å². The summed E-state index contributed by atoms with van der Waals surface area (Å²) in [5.41, 5.74) is 1.02. The molecule has 0 aliphatic carbocycles. The van der Waals surface area contributed by atoms with Crippen LogP contribution in [-0.4, -0.2) is 36.8 Å². The standard InChI is InChI=1S/C13H17ClN2O2/c1-9-6-15-7-10(13(17)18)8-16(9)12-4-2-11(14)3-5-12/h2-5,9-10,15H,6-8H2,1H3,(H,17,18). The molecule has 0 spiro atoms. The Morgan fingerprint density at radius 1 is 1.39 bits per heavy atom. The number of hydrogen-bond acceptors (Lipinski definition) is 3. The smallest absolute Gasteiger partial charge is 0.309 e. The molecule has 1 aromatic carbocycles. The van der Waals surface area contributed by atoms with Crippen molar-refractivity contribution in [3.8, 4) is 0 Å². The number of nitrogens with one attached hydrogen (secondary N) is 1. The second kappa shape index (κ2) is 5.59. The van der Waals surface area contributed by atoms with E-state index in [0.717, 1.165) is 12.2 Å². The molecule has 1 aliphatic heterocycles. The fourth-order valence-corrected chi connectivity index (χ4v) is 2.34. The van der Waals surface area contributed by atoms with Crippen molar-refractivity contribution < 1.29 is 9.90 Å². The molecular formula is C13H17ClN2O2. The summed E-state index contributed by atoms with van der Waals surface area (Å²) < 4.78 is 0. The van der Waals surface area contributed by atoms with Gasteiger partial charge in [0, 0.05) is 36.4 Å². The fraction of sp³-hybridized carbons (Fsp3) is 0.462. The summed E-state index contributed by atoms with van der Waals surface area (Å²) in [7, 11) is 0. The van der Waals surface area contributed by atoms with Crippen LogP contribution >= 0.6 is 11.6 Å². The average Bonchev–Trinajstić information content (AvgIpc) is 2.52. The third-order valence-corrected chi connectivity index (χ3v) is 3.54. The Bertz CT molecular complexity index is 422. The Balaban J connectivity index is 2.22. The summed E-state index contributed by atoms with van der Waals surface area (Å²) in [4.78, 5) is 13.3. The maximum atomic E-state index is 11.2. The molecule has 0 saturated carbocycles. The SMILES string of the molecule is CC1CNCC(C(=O)O)CN1c1ccc(Cl)cc1. The van der Waals surface area contributed by atoms with E-state index in [-0.39, 0.29) is 12.0 Å². The van der Waals surface area contributed by atoms with Gasteiger partial charge in [0.15, 0.2) is 0 Å². The first-order valence-electron chi connectivity index (χ1n) is 6.03. The van der Waals surface area contributed by atoms with Crippen LogP contribution < -0.4 is 10.2 Å². The number of halogens is 1. The zero-order valence-corrected chi connectivity index (χ0v) is 11.0. The quantitative estimate of drug-likeness (QED) is 0.859. The number of aliphatic carboxylic acids is 1. The first kappa shape index (κ1) is 13.2. The summed E-state index contributed by atoms with van der Waals surface area (Å²) >= 11 is 5.87. The largest absolute Gasteiger partial charge is 0.481 e. The van der Waals surface area contributed by atoms with Gasteiger partial charge in [0.1, 0.15) is 0 Å². The highest BCUT2D eigenvalue weighted by Crippen LogP contribution is 2.22. The monoisotopic (exact) mass is 268 g/mol. The van der Waals surface area contributed by atoms with Crippen molar-refractivity contribution >= 4 is 23.3 Å². The van der Waals surface area contributed by atoms with E-state index < -0.39 is 5.97 Å². The number of rotatable bonds is 2. The van der Waals surface area contributed by atoms with Crippen molar-refractivity contribution in [2.24, 2.45) is 5.92 Å². The van der Waals surface area contributed by atoms with E-state index in [9.17, 15) is 9.90 Å². The van der Waals surface area contributed by atoms with Crippen LogP contribution in [0.1, 0.15) is 6.92 Å². The lowest BCUT2D eigenvalue weighted by molar-refractivity contribution is -0.141. The van der Waals surface area contributed by atoms with Gasteiger partial charge in [-0.3, -0.25) is 4.79 Å². The topological polar surface area (TPSA) is 52.6 Å². The lowest BCUT2D eigenvalue weighted by atomic mass is 10.1. The number of carboxylic acids is 1. The van der Waals surface area contributed by atoms with E-state index in [2.05, 4.69) is 17.1 Å². The van der Waals surface area contributed by atoms with E-state index in [1.54, 1.807) is 0 Å². The molecule has 0 bridgehead atoms. The van der Waals surface area contributed by atoms with Gasteiger partial charge in [-0.25, -0.2) is 0 Å². The summed E-state index contributed by atoms with van der Waals surface area (Å²) in [6, 6.07) is 7.79. The van der Waals surface area contributed by atoms with E-state index in [1.165, 1.54) is 0 Å². The van der Waals surface area contributed by atoms with Gasteiger partial charge in [0.2, 0.25) is 0 Å². The molecule has 2 rings (SSSR count). The van der Waals surface area contributed by atoms with Crippen LogP contribution in [0, 0.1) is 5.92 Å². The predicted octanol–water partition coefficient (Wildman–Crippen LogP) is 1.84. The van der Waals surface area contributed by atoms with Crippen LogP contribution in [0.4, 0.5) is 5.69 Å². The molecule has 1 heterocycles. The summed E-state index contributed by atoms with van der Waals surface area (Å²) in [6.45, 7) is 3.91. The van der Waals surface area contributed by atoms with Crippen LogP contribution in [0.5, 0.6) is 0 Å².